The van der Waals surface area contributed by atoms with Crippen molar-refractivity contribution in [3.63, 3.8) is 0 Å². The van der Waals surface area contributed by atoms with Gasteiger partial charge in [0.25, 0.3) is 0 Å². The van der Waals surface area contributed by atoms with E-state index in [4.69, 9.17) is 0 Å². The highest BCUT2D eigenvalue weighted by Gasteiger charge is 2.19. The molecule has 0 fully saturated rings. The highest BCUT2D eigenvalue weighted by atomic mass is 19.1. The third kappa shape index (κ3) is 3.57. The van der Waals surface area contributed by atoms with Crippen LogP contribution in [0.2, 0.25) is 0 Å². The first-order valence-electron chi connectivity index (χ1n) is 6.07. The van der Waals surface area contributed by atoms with Crippen molar-refractivity contribution in [3.05, 3.63) is 70.8 Å². The van der Waals surface area contributed by atoms with E-state index in [1.54, 1.807) is 0 Å². The zero-order valence-corrected chi connectivity index (χ0v) is 11.0. The monoisotopic (exact) mass is 286 g/mol. The Morgan fingerprint density at radius 3 is 1.40 bits per heavy atom. The third-order valence-electron chi connectivity index (χ3n) is 2.51. The summed E-state index contributed by atoms with van der Waals surface area (Å²) in [6, 6.07) is 5.09. The van der Waals surface area contributed by atoms with Crippen LogP contribution in [0.4, 0.5) is 17.6 Å². The first-order chi connectivity index (χ1) is 9.49. The molecule has 0 saturated carbocycles. The van der Waals surface area contributed by atoms with Crippen molar-refractivity contribution in [3.8, 4) is 0 Å². The van der Waals surface area contributed by atoms with E-state index in [0.29, 0.717) is 12.1 Å². The van der Waals surface area contributed by atoms with Gasteiger partial charge in [-0.3, -0.25) is 0 Å². The summed E-state index contributed by atoms with van der Waals surface area (Å²) in [5.41, 5.74) is -0.552. The average molecular weight is 286 g/mol. The summed E-state index contributed by atoms with van der Waals surface area (Å²) in [6.45, 7) is 4.00. The molecule has 5 heteroatoms. The summed E-state index contributed by atoms with van der Waals surface area (Å²) >= 11 is 0. The Hall–Kier alpha value is -1.88. The maximum absolute atomic E-state index is 13.4. The smallest absolute Gasteiger partial charge is 0.132 e. The molecule has 2 aromatic rings. The van der Waals surface area contributed by atoms with Gasteiger partial charge >= 0.3 is 0 Å². The van der Waals surface area contributed by atoms with Crippen LogP contribution < -0.4 is 0 Å². The normalized spacial score (nSPS) is 10.2. The van der Waals surface area contributed by atoms with E-state index in [0.717, 1.165) is 24.3 Å². The zero-order chi connectivity index (χ0) is 15.3. The third-order valence-corrected chi connectivity index (χ3v) is 2.51. The van der Waals surface area contributed by atoms with Gasteiger partial charge in [-0.2, -0.15) is 0 Å². The molecule has 0 atom stereocenters. The predicted octanol–water partition coefficient (Wildman–Crippen LogP) is 4.35. The minimum absolute atomic E-state index is 0.276. The Labute approximate surface area is 114 Å². The SMILES string of the molecule is CC.OC(c1ccc(F)cc1F)c1ccc(F)cc1F. The second-order valence-electron chi connectivity index (χ2n) is 3.73. The van der Waals surface area contributed by atoms with E-state index in [-0.39, 0.29) is 11.1 Å². The Bertz CT molecular complexity index is 533. The molecule has 0 aliphatic rings. The van der Waals surface area contributed by atoms with Crippen LogP contribution in [-0.2, 0) is 0 Å². The number of aliphatic hydroxyl groups excluding tert-OH is 1. The van der Waals surface area contributed by atoms with Crippen molar-refractivity contribution in [2.75, 3.05) is 0 Å². The average Bonchev–Trinajstić information content (AvgIpc) is 2.40. The summed E-state index contributed by atoms with van der Waals surface area (Å²) in [5, 5.41) is 9.81. The van der Waals surface area contributed by atoms with Gasteiger partial charge in [-0.05, 0) is 12.1 Å². The van der Waals surface area contributed by atoms with Crippen LogP contribution in [0.3, 0.4) is 0 Å². The standard InChI is InChI=1S/C13H8F4O.C2H6/c14-7-1-3-9(11(16)5-7)13(18)10-4-2-8(15)6-12(10)17;1-2/h1-6,13,18H;1-2H3. The lowest BCUT2D eigenvalue weighted by atomic mass is 10.0. The van der Waals surface area contributed by atoms with Gasteiger partial charge in [-0.15, -0.1) is 0 Å². The van der Waals surface area contributed by atoms with Crippen LogP contribution in [-0.4, -0.2) is 5.11 Å². The zero-order valence-electron chi connectivity index (χ0n) is 11.0. The molecular weight excluding hydrogens is 272 g/mol. The van der Waals surface area contributed by atoms with Crippen LogP contribution in [0, 0.1) is 23.3 Å². The molecular formula is C15H14F4O. The fraction of sp³-hybridized carbons (Fsp3) is 0.200. The minimum Gasteiger partial charge on any atom is -0.383 e. The molecule has 0 heterocycles. The van der Waals surface area contributed by atoms with Crippen LogP contribution >= 0.6 is 0 Å². The van der Waals surface area contributed by atoms with Gasteiger partial charge < -0.3 is 5.11 Å². The molecule has 20 heavy (non-hydrogen) atoms. The summed E-state index contributed by atoms with van der Waals surface area (Å²) in [7, 11) is 0. The molecule has 1 N–H and O–H groups in total. The number of aliphatic hydroxyl groups is 1. The number of hydrogen-bond donors (Lipinski definition) is 1. The van der Waals surface area contributed by atoms with Gasteiger partial charge in [-0.25, -0.2) is 17.6 Å². The van der Waals surface area contributed by atoms with Crippen molar-refractivity contribution >= 4 is 0 Å². The number of benzene rings is 2. The molecule has 2 aromatic carbocycles. The summed E-state index contributed by atoms with van der Waals surface area (Å²) in [6.07, 6.45) is -1.62. The fourth-order valence-corrected chi connectivity index (χ4v) is 1.61. The lowest BCUT2D eigenvalue weighted by Gasteiger charge is -2.13. The molecule has 0 radical (unpaired) electrons. The molecule has 0 aliphatic carbocycles. The molecule has 0 aliphatic heterocycles. The van der Waals surface area contributed by atoms with E-state index in [1.165, 1.54) is 0 Å². The van der Waals surface area contributed by atoms with E-state index >= 15 is 0 Å². The van der Waals surface area contributed by atoms with Crippen LogP contribution in [0.25, 0.3) is 0 Å². The lowest BCUT2D eigenvalue weighted by molar-refractivity contribution is 0.209. The summed E-state index contributed by atoms with van der Waals surface area (Å²) < 4.78 is 52.2. The first-order valence-corrected chi connectivity index (χ1v) is 6.07. The first kappa shape index (κ1) is 16.2. The van der Waals surface area contributed by atoms with Crippen molar-refractivity contribution in [1.82, 2.24) is 0 Å². The molecule has 0 amide bonds. The van der Waals surface area contributed by atoms with Crippen molar-refractivity contribution in [1.29, 1.82) is 0 Å². The molecule has 0 unspecified atom stereocenters. The van der Waals surface area contributed by atoms with Crippen LogP contribution in [0.5, 0.6) is 0 Å². The number of halogens is 4. The van der Waals surface area contributed by atoms with Gasteiger partial charge in [-0.1, -0.05) is 26.0 Å². The van der Waals surface area contributed by atoms with Gasteiger partial charge in [0.2, 0.25) is 0 Å². The maximum Gasteiger partial charge on any atom is 0.132 e. The highest BCUT2D eigenvalue weighted by Crippen LogP contribution is 2.27. The lowest BCUT2D eigenvalue weighted by Crippen LogP contribution is -2.05. The van der Waals surface area contributed by atoms with E-state index in [9.17, 15) is 22.7 Å². The van der Waals surface area contributed by atoms with Gasteiger partial charge in [0.15, 0.2) is 0 Å². The molecule has 0 spiro atoms. The van der Waals surface area contributed by atoms with E-state index < -0.39 is 29.4 Å². The van der Waals surface area contributed by atoms with E-state index in [1.807, 2.05) is 13.8 Å². The van der Waals surface area contributed by atoms with Crippen LogP contribution in [0.15, 0.2) is 36.4 Å². The molecule has 0 saturated heterocycles. The van der Waals surface area contributed by atoms with Crippen LogP contribution in [0.1, 0.15) is 31.1 Å². The van der Waals surface area contributed by atoms with Crippen molar-refractivity contribution < 1.29 is 22.7 Å². The van der Waals surface area contributed by atoms with Gasteiger partial charge in [0.05, 0.1) is 0 Å². The second-order valence-corrected chi connectivity index (χ2v) is 3.73. The number of hydrogen-bond acceptors (Lipinski definition) is 1. The largest absolute Gasteiger partial charge is 0.383 e. The predicted molar refractivity (Wildman–Crippen MR) is 68.1 cm³/mol. The van der Waals surface area contributed by atoms with E-state index in [2.05, 4.69) is 0 Å². The Kier molecular flexibility index (Phi) is 5.70. The second kappa shape index (κ2) is 7.05. The Morgan fingerprint density at radius 1 is 0.750 bits per heavy atom. The van der Waals surface area contributed by atoms with Gasteiger partial charge in [0, 0.05) is 23.3 Å². The highest BCUT2D eigenvalue weighted by molar-refractivity contribution is 5.32. The molecule has 0 bridgehead atoms. The molecule has 1 nitrogen and oxygen atoms in total. The Morgan fingerprint density at radius 2 is 1.10 bits per heavy atom. The summed E-state index contributed by atoms with van der Waals surface area (Å²) in [5.74, 6) is -3.59. The fourth-order valence-electron chi connectivity index (χ4n) is 1.61. The van der Waals surface area contributed by atoms with Gasteiger partial charge in [0.1, 0.15) is 29.4 Å². The molecule has 2 rings (SSSR count). The number of rotatable bonds is 2. The molecule has 0 aromatic heterocycles. The quantitative estimate of drug-likeness (QED) is 0.814. The minimum atomic E-state index is -1.62. The van der Waals surface area contributed by atoms with Crippen molar-refractivity contribution in [2.45, 2.75) is 20.0 Å². The summed E-state index contributed by atoms with van der Waals surface area (Å²) in [4.78, 5) is 0. The topological polar surface area (TPSA) is 20.2 Å². The maximum atomic E-state index is 13.4. The molecule has 108 valence electrons. The Balaban J connectivity index is 0.000000956. The van der Waals surface area contributed by atoms with Crippen molar-refractivity contribution in [2.24, 2.45) is 0 Å².